The lowest BCUT2D eigenvalue weighted by Crippen LogP contribution is -2.19. The van der Waals surface area contributed by atoms with E-state index < -0.39 is 0 Å². The first-order chi connectivity index (χ1) is 8.99. The summed E-state index contributed by atoms with van der Waals surface area (Å²) in [4.78, 5) is 4.31. The lowest BCUT2D eigenvalue weighted by atomic mass is 10.1. The summed E-state index contributed by atoms with van der Waals surface area (Å²) < 4.78 is 5.82. The molecule has 19 heavy (non-hydrogen) atoms. The van der Waals surface area contributed by atoms with E-state index in [1.165, 1.54) is 0 Å². The van der Waals surface area contributed by atoms with Crippen molar-refractivity contribution in [2.24, 2.45) is 16.8 Å². The molecular formula is C14H23N3O2. The summed E-state index contributed by atoms with van der Waals surface area (Å²) in [5.74, 6) is 1.13. The van der Waals surface area contributed by atoms with Crippen LogP contribution < -0.4 is 10.5 Å². The molecule has 5 nitrogen and oxygen atoms in total. The predicted octanol–water partition coefficient (Wildman–Crippen LogP) is 2.61. The molecule has 1 heterocycles. The number of pyridine rings is 1. The van der Waals surface area contributed by atoms with E-state index in [0.717, 1.165) is 18.5 Å². The first-order valence-electron chi connectivity index (χ1n) is 6.58. The lowest BCUT2D eigenvalue weighted by Gasteiger charge is -2.16. The molecule has 5 heteroatoms. The van der Waals surface area contributed by atoms with Gasteiger partial charge in [0.25, 0.3) is 0 Å². The molecule has 0 aliphatic rings. The van der Waals surface area contributed by atoms with Crippen LogP contribution in [0.1, 0.15) is 43.6 Å². The third-order valence-electron chi connectivity index (χ3n) is 2.96. The highest BCUT2D eigenvalue weighted by Crippen LogP contribution is 2.23. The summed E-state index contributed by atoms with van der Waals surface area (Å²) >= 11 is 0. The van der Waals surface area contributed by atoms with E-state index >= 15 is 0 Å². The minimum absolute atomic E-state index is 0.0307. The van der Waals surface area contributed by atoms with Gasteiger partial charge in [-0.15, -0.1) is 0 Å². The van der Waals surface area contributed by atoms with Gasteiger partial charge in [0.15, 0.2) is 5.84 Å². The van der Waals surface area contributed by atoms with Gasteiger partial charge in [-0.25, -0.2) is 0 Å². The number of amidine groups is 1. The van der Waals surface area contributed by atoms with Crippen molar-refractivity contribution >= 4 is 5.84 Å². The van der Waals surface area contributed by atoms with E-state index in [1.54, 1.807) is 0 Å². The summed E-state index contributed by atoms with van der Waals surface area (Å²) in [6.45, 7) is 8.63. The molecule has 0 spiro atoms. The molecule has 0 aromatic carbocycles. The third kappa shape index (κ3) is 4.12. The first-order valence-corrected chi connectivity index (χ1v) is 6.58. The zero-order valence-corrected chi connectivity index (χ0v) is 12.1. The molecule has 1 aromatic heterocycles. The predicted molar refractivity (Wildman–Crippen MR) is 75.8 cm³/mol. The molecule has 1 unspecified atom stereocenters. The Labute approximate surface area is 114 Å². The number of oxime groups is 1. The standard InChI is InChI=1S/C14H23N3O2/c1-5-6-9(2)8-19-12-7-10(3)16-11(4)13(12)14(15)17-18/h7,9,18H,5-6,8H2,1-4H3,(H2,15,17). The number of ether oxygens (including phenoxy) is 1. The number of rotatable bonds is 6. The van der Waals surface area contributed by atoms with Gasteiger partial charge in [0.05, 0.1) is 17.9 Å². The van der Waals surface area contributed by atoms with Crippen molar-refractivity contribution in [2.75, 3.05) is 6.61 Å². The van der Waals surface area contributed by atoms with Crippen LogP contribution in [0.25, 0.3) is 0 Å². The average molecular weight is 265 g/mol. The van der Waals surface area contributed by atoms with Crippen LogP contribution >= 0.6 is 0 Å². The smallest absolute Gasteiger partial charge is 0.175 e. The van der Waals surface area contributed by atoms with Crippen molar-refractivity contribution in [1.82, 2.24) is 4.98 Å². The Balaban J connectivity index is 2.98. The van der Waals surface area contributed by atoms with Gasteiger partial charge in [-0.3, -0.25) is 4.98 Å². The van der Waals surface area contributed by atoms with Crippen molar-refractivity contribution in [1.29, 1.82) is 0 Å². The van der Waals surface area contributed by atoms with Gasteiger partial charge < -0.3 is 15.7 Å². The maximum Gasteiger partial charge on any atom is 0.175 e. The van der Waals surface area contributed by atoms with Crippen molar-refractivity contribution in [3.05, 3.63) is 23.0 Å². The van der Waals surface area contributed by atoms with Gasteiger partial charge in [0.1, 0.15) is 5.75 Å². The fraction of sp³-hybridized carbons (Fsp3) is 0.571. The molecule has 0 aliphatic carbocycles. The van der Waals surface area contributed by atoms with Gasteiger partial charge in [-0.2, -0.15) is 0 Å². The molecular weight excluding hydrogens is 242 g/mol. The van der Waals surface area contributed by atoms with Crippen LogP contribution in [0.2, 0.25) is 0 Å². The Morgan fingerprint density at radius 1 is 1.53 bits per heavy atom. The van der Waals surface area contributed by atoms with Gasteiger partial charge in [0, 0.05) is 11.8 Å². The molecule has 0 fully saturated rings. The minimum atomic E-state index is 0.0307. The van der Waals surface area contributed by atoms with Crippen LogP contribution in [0, 0.1) is 19.8 Å². The van der Waals surface area contributed by atoms with Gasteiger partial charge in [-0.05, 0) is 26.2 Å². The van der Waals surface area contributed by atoms with Crippen molar-refractivity contribution in [3.63, 3.8) is 0 Å². The number of nitrogens with two attached hydrogens (primary N) is 1. The van der Waals surface area contributed by atoms with Gasteiger partial charge in [0.2, 0.25) is 0 Å². The topological polar surface area (TPSA) is 80.7 Å². The Hall–Kier alpha value is -1.78. The van der Waals surface area contributed by atoms with Crippen LogP contribution in [0.5, 0.6) is 5.75 Å². The summed E-state index contributed by atoms with van der Waals surface area (Å²) in [6, 6.07) is 1.82. The molecule has 0 bridgehead atoms. The van der Waals surface area contributed by atoms with Crippen molar-refractivity contribution in [3.8, 4) is 5.75 Å². The average Bonchev–Trinajstić information content (AvgIpc) is 2.35. The molecule has 0 aliphatic heterocycles. The van der Waals surface area contributed by atoms with Crippen LogP contribution in [-0.4, -0.2) is 22.6 Å². The van der Waals surface area contributed by atoms with Crippen LogP contribution in [-0.2, 0) is 0 Å². The largest absolute Gasteiger partial charge is 0.492 e. The minimum Gasteiger partial charge on any atom is -0.492 e. The first kappa shape index (κ1) is 15.3. The van der Waals surface area contributed by atoms with Gasteiger partial charge in [-0.1, -0.05) is 25.4 Å². The molecule has 0 saturated carbocycles. The maximum atomic E-state index is 8.85. The molecule has 3 N–H and O–H groups in total. The quantitative estimate of drug-likeness (QED) is 0.358. The van der Waals surface area contributed by atoms with Crippen LogP contribution in [0.3, 0.4) is 0 Å². The second-order valence-corrected chi connectivity index (χ2v) is 4.91. The maximum absolute atomic E-state index is 8.85. The summed E-state index contributed by atoms with van der Waals surface area (Å²) in [7, 11) is 0. The number of aryl methyl sites for hydroxylation is 2. The Bertz CT molecular complexity index is 458. The summed E-state index contributed by atoms with van der Waals surface area (Å²) in [5, 5.41) is 11.9. The molecule has 1 aromatic rings. The van der Waals surface area contributed by atoms with E-state index in [4.69, 9.17) is 15.7 Å². The lowest BCUT2D eigenvalue weighted by molar-refractivity contribution is 0.250. The third-order valence-corrected chi connectivity index (χ3v) is 2.96. The molecule has 0 amide bonds. The van der Waals surface area contributed by atoms with Crippen LogP contribution in [0.4, 0.5) is 0 Å². The normalized spacial score (nSPS) is 13.4. The molecule has 106 valence electrons. The highest BCUT2D eigenvalue weighted by atomic mass is 16.5. The van der Waals surface area contributed by atoms with E-state index in [0.29, 0.717) is 29.5 Å². The molecule has 0 saturated heterocycles. The fourth-order valence-electron chi connectivity index (χ4n) is 2.08. The monoisotopic (exact) mass is 265 g/mol. The van der Waals surface area contributed by atoms with Crippen molar-refractivity contribution in [2.45, 2.75) is 40.5 Å². The number of hydrogen-bond donors (Lipinski definition) is 2. The van der Waals surface area contributed by atoms with Crippen LogP contribution in [0.15, 0.2) is 11.2 Å². The Kier molecular flexibility index (Phi) is 5.60. The van der Waals surface area contributed by atoms with E-state index in [9.17, 15) is 0 Å². The van der Waals surface area contributed by atoms with E-state index in [-0.39, 0.29) is 5.84 Å². The Morgan fingerprint density at radius 3 is 2.79 bits per heavy atom. The fourth-order valence-corrected chi connectivity index (χ4v) is 2.08. The highest BCUT2D eigenvalue weighted by Gasteiger charge is 2.15. The second kappa shape index (κ2) is 6.97. The van der Waals surface area contributed by atoms with Crippen molar-refractivity contribution < 1.29 is 9.94 Å². The second-order valence-electron chi connectivity index (χ2n) is 4.91. The number of hydrogen-bond acceptors (Lipinski definition) is 4. The molecule has 1 atom stereocenters. The van der Waals surface area contributed by atoms with Gasteiger partial charge >= 0.3 is 0 Å². The van der Waals surface area contributed by atoms with E-state index in [1.807, 2.05) is 19.9 Å². The summed E-state index contributed by atoms with van der Waals surface area (Å²) in [6.07, 6.45) is 2.24. The zero-order valence-electron chi connectivity index (χ0n) is 12.1. The number of aromatic nitrogens is 1. The SMILES string of the molecule is CCCC(C)COc1cc(C)nc(C)c1/C(N)=N/O. The molecule has 0 radical (unpaired) electrons. The van der Waals surface area contributed by atoms with E-state index in [2.05, 4.69) is 24.0 Å². The highest BCUT2D eigenvalue weighted by molar-refractivity contribution is 6.00. The zero-order chi connectivity index (χ0) is 14.4. The summed E-state index contributed by atoms with van der Waals surface area (Å²) in [5.41, 5.74) is 7.81. The Morgan fingerprint density at radius 2 is 2.21 bits per heavy atom. The number of nitrogens with zero attached hydrogens (tertiary/aromatic N) is 2. The molecule has 1 rings (SSSR count).